The average molecular weight is 510 g/mol. The van der Waals surface area contributed by atoms with E-state index in [1.54, 1.807) is 12.1 Å². The summed E-state index contributed by atoms with van der Waals surface area (Å²) in [6.07, 6.45) is 4.69. The molecule has 37 heavy (non-hydrogen) atoms. The lowest BCUT2D eigenvalue weighted by molar-refractivity contribution is -0.120. The Balaban J connectivity index is 1.33. The predicted octanol–water partition coefficient (Wildman–Crippen LogP) is 2.55. The molecule has 1 aromatic heterocycles. The van der Waals surface area contributed by atoms with Crippen LogP contribution in [0.3, 0.4) is 0 Å². The van der Waals surface area contributed by atoms with Crippen LogP contribution < -0.4 is 10.2 Å². The van der Waals surface area contributed by atoms with Crippen LogP contribution in [0, 0.1) is 5.82 Å². The van der Waals surface area contributed by atoms with Crippen molar-refractivity contribution in [1.29, 1.82) is 0 Å². The molecule has 1 aromatic carbocycles. The van der Waals surface area contributed by atoms with Crippen LogP contribution in [0.25, 0.3) is 0 Å². The normalized spacial score (nSPS) is 26.0. The molecule has 0 bridgehead atoms. The SMILES string of the molecule is C[C@@H]1CN(CC(=O)N2CC(C)(C)c3ncc(Cc4ccc(F)cc4)cc32)[C@@H](CN2CCC[C@H]2CO)CN1. The van der Waals surface area contributed by atoms with Gasteiger partial charge in [0, 0.05) is 55.9 Å². The molecule has 0 unspecified atom stereocenters. The predicted molar refractivity (Wildman–Crippen MR) is 143 cm³/mol. The van der Waals surface area contributed by atoms with Crippen LogP contribution in [0.5, 0.6) is 0 Å². The minimum Gasteiger partial charge on any atom is -0.395 e. The second kappa shape index (κ2) is 10.8. The molecule has 3 aliphatic rings. The quantitative estimate of drug-likeness (QED) is 0.598. The zero-order valence-electron chi connectivity index (χ0n) is 22.3. The van der Waals surface area contributed by atoms with E-state index in [0.29, 0.717) is 25.6 Å². The van der Waals surface area contributed by atoms with Gasteiger partial charge >= 0.3 is 0 Å². The summed E-state index contributed by atoms with van der Waals surface area (Å²) in [5.74, 6) is -0.140. The maximum atomic E-state index is 13.8. The maximum absolute atomic E-state index is 13.8. The molecule has 3 aliphatic heterocycles. The molecular formula is C29H40FN5O2. The number of carbonyl (C=O) groups is 1. The Morgan fingerprint density at radius 2 is 1.97 bits per heavy atom. The second-order valence-corrected chi connectivity index (χ2v) is 11.7. The summed E-state index contributed by atoms with van der Waals surface area (Å²) in [6, 6.07) is 9.41. The summed E-state index contributed by atoms with van der Waals surface area (Å²) in [5.41, 5.74) is 3.66. The second-order valence-electron chi connectivity index (χ2n) is 11.7. The highest BCUT2D eigenvalue weighted by Crippen LogP contribution is 2.39. The Morgan fingerprint density at radius 3 is 2.73 bits per heavy atom. The van der Waals surface area contributed by atoms with Gasteiger partial charge in [0.1, 0.15) is 5.82 Å². The monoisotopic (exact) mass is 509 g/mol. The van der Waals surface area contributed by atoms with E-state index < -0.39 is 0 Å². The van der Waals surface area contributed by atoms with Crippen LogP contribution in [-0.2, 0) is 16.6 Å². The van der Waals surface area contributed by atoms with Crippen LogP contribution in [0.2, 0.25) is 0 Å². The van der Waals surface area contributed by atoms with Crippen molar-refractivity contribution in [3.63, 3.8) is 0 Å². The van der Waals surface area contributed by atoms with Gasteiger partial charge in [-0.1, -0.05) is 26.0 Å². The zero-order valence-corrected chi connectivity index (χ0v) is 22.3. The number of pyridine rings is 1. The minimum atomic E-state index is -0.244. The van der Waals surface area contributed by atoms with E-state index >= 15 is 0 Å². The smallest absolute Gasteiger partial charge is 0.241 e. The minimum absolute atomic E-state index is 0.104. The first kappa shape index (κ1) is 26.2. The number of aliphatic hydroxyl groups excluding tert-OH is 1. The molecule has 8 heteroatoms. The van der Waals surface area contributed by atoms with E-state index in [2.05, 4.69) is 42.0 Å². The van der Waals surface area contributed by atoms with E-state index in [-0.39, 0.29) is 35.8 Å². The van der Waals surface area contributed by atoms with Gasteiger partial charge in [0.2, 0.25) is 5.91 Å². The van der Waals surface area contributed by atoms with Gasteiger partial charge in [-0.2, -0.15) is 0 Å². The van der Waals surface area contributed by atoms with Crippen LogP contribution in [0.15, 0.2) is 36.5 Å². The lowest BCUT2D eigenvalue weighted by Crippen LogP contribution is -2.61. The van der Waals surface area contributed by atoms with E-state index in [1.807, 2.05) is 11.1 Å². The summed E-state index contributed by atoms with van der Waals surface area (Å²) in [5, 5.41) is 13.4. The van der Waals surface area contributed by atoms with Crippen LogP contribution in [0.4, 0.5) is 10.1 Å². The molecule has 200 valence electrons. The number of fused-ring (bicyclic) bond motifs is 1. The van der Waals surface area contributed by atoms with Crippen molar-refractivity contribution >= 4 is 11.6 Å². The first-order valence-electron chi connectivity index (χ1n) is 13.6. The molecule has 2 aromatic rings. The first-order valence-corrected chi connectivity index (χ1v) is 13.6. The Hall–Kier alpha value is -2.39. The van der Waals surface area contributed by atoms with Crippen molar-refractivity contribution in [3.05, 3.63) is 59.2 Å². The number of rotatable bonds is 7. The van der Waals surface area contributed by atoms with Crippen LogP contribution in [0.1, 0.15) is 50.4 Å². The van der Waals surface area contributed by atoms with E-state index in [0.717, 1.165) is 61.5 Å². The Labute approximate surface area is 219 Å². The molecule has 1 amide bonds. The third-order valence-electron chi connectivity index (χ3n) is 8.25. The van der Waals surface area contributed by atoms with Crippen molar-refractivity contribution in [2.24, 2.45) is 0 Å². The number of hydrogen-bond donors (Lipinski definition) is 2. The Kier molecular flexibility index (Phi) is 7.63. The fourth-order valence-corrected chi connectivity index (χ4v) is 6.21. The van der Waals surface area contributed by atoms with Gasteiger partial charge in [0.25, 0.3) is 0 Å². The third kappa shape index (κ3) is 5.72. The Bertz CT molecular complexity index is 1110. The molecule has 0 spiro atoms. The highest BCUT2D eigenvalue weighted by molar-refractivity contribution is 5.97. The highest BCUT2D eigenvalue weighted by Gasteiger charge is 2.41. The van der Waals surface area contributed by atoms with Crippen molar-refractivity contribution in [2.75, 3.05) is 50.8 Å². The van der Waals surface area contributed by atoms with Crippen molar-refractivity contribution in [2.45, 2.75) is 63.6 Å². The highest BCUT2D eigenvalue weighted by atomic mass is 19.1. The molecular weight excluding hydrogens is 469 g/mol. The molecule has 2 N–H and O–H groups in total. The number of aliphatic hydroxyl groups is 1. The van der Waals surface area contributed by atoms with E-state index in [9.17, 15) is 14.3 Å². The molecule has 2 saturated heterocycles. The molecule has 0 radical (unpaired) electrons. The number of hydrogen-bond acceptors (Lipinski definition) is 6. The zero-order chi connectivity index (χ0) is 26.2. The van der Waals surface area contributed by atoms with Gasteiger partial charge in [-0.25, -0.2) is 4.39 Å². The number of aromatic nitrogens is 1. The number of amides is 1. The van der Waals surface area contributed by atoms with Crippen LogP contribution >= 0.6 is 0 Å². The van der Waals surface area contributed by atoms with E-state index in [4.69, 9.17) is 4.98 Å². The molecule has 3 atom stereocenters. The number of anilines is 1. The van der Waals surface area contributed by atoms with E-state index in [1.165, 1.54) is 12.1 Å². The number of halogens is 1. The molecule has 7 nitrogen and oxygen atoms in total. The summed E-state index contributed by atoms with van der Waals surface area (Å²) in [4.78, 5) is 25.3. The lowest BCUT2D eigenvalue weighted by atomic mass is 9.91. The van der Waals surface area contributed by atoms with Crippen molar-refractivity contribution < 1.29 is 14.3 Å². The average Bonchev–Trinajstić information content (AvgIpc) is 3.43. The molecule has 4 heterocycles. The summed E-state index contributed by atoms with van der Waals surface area (Å²) in [7, 11) is 0. The molecule has 0 saturated carbocycles. The molecule has 0 aliphatic carbocycles. The van der Waals surface area contributed by atoms with Crippen molar-refractivity contribution in [3.8, 4) is 0 Å². The van der Waals surface area contributed by atoms with Gasteiger partial charge in [-0.3, -0.25) is 19.6 Å². The van der Waals surface area contributed by atoms with Crippen LogP contribution in [-0.4, -0.2) is 89.8 Å². The lowest BCUT2D eigenvalue weighted by Gasteiger charge is -2.42. The number of benzene rings is 1. The van der Waals surface area contributed by atoms with Gasteiger partial charge in [0.15, 0.2) is 0 Å². The van der Waals surface area contributed by atoms with Gasteiger partial charge in [-0.05, 0) is 62.1 Å². The summed E-state index contributed by atoms with van der Waals surface area (Å²) >= 11 is 0. The standard InChI is InChI=1S/C29H40FN5O2/c1-20-15-34(25(14-31-20)16-33-10-4-5-24(33)18-36)17-27(37)35-19-29(2,3)28-26(35)12-22(13-32-28)11-21-6-8-23(30)9-7-21/h6-9,12-13,20,24-25,31,36H,4-5,10-11,14-19H2,1-3H3/t20-,24+,25-/m1/s1. The third-order valence-corrected chi connectivity index (χ3v) is 8.25. The number of carbonyl (C=O) groups excluding carboxylic acids is 1. The summed E-state index contributed by atoms with van der Waals surface area (Å²) < 4.78 is 13.3. The number of nitrogens with one attached hydrogen (secondary N) is 1. The number of likely N-dealkylation sites (tertiary alicyclic amines) is 1. The first-order chi connectivity index (χ1) is 17.7. The maximum Gasteiger partial charge on any atom is 0.241 e. The number of nitrogens with zero attached hydrogens (tertiary/aromatic N) is 4. The summed E-state index contributed by atoms with van der Waals surface area (Å²) in [6.45, 7) is 11.2. The molecule has 5 rings (SSSR count). The topological polar surface area (TPSA) is 71.9 Å². The fourth-order valence-electron chi connectivity index (χ4n) is 6.21. The van der Waals surface area contributed by atoms with Crippen molar-refractivity contribution in [1.82, 2.24) is 20.1 Å². The number of piperazine rings is 1. The van der Waals surface area contributed by atoms with Gasteiger partial charge in [-0.15, -0.1) is 0 Å². The Morgan fingerprint density at radius 1 is 1.19 bits per heavy atom. The van der Waals surface area contributed by atoms with Gasteiger partial charge < -0.3 is 15.3 Å². The molecule has 2 fully saturated rings. The van der Waals surface area contributed by atoms with Gasteiger partial charge in [0.05, 0.1) is 24.5 Å². The largest absolute Gasteiger partial charge is 0.395 e. The fraction of sp³-hybridized carbons (Fsp3) is 0.586.